The molecule has 4 heteroatoms. The molecule has 0 spiro atoms. The van der Waals surface area contributed by atoms with Crippen LogP contribution in [0.25, 0.3) is 11.1 Å². The number of halogens is 1. The van der Waals surface area contributed by atoms with Crippen molar-refractivity contribution in [2.24, 2.45) is 0 Å². The van der Waals surface area contributed by atoms with Crippen molar-refractivity contribution in [3.8, 4) is 28.4 Å². The van der Waals surface area contributed by atoms with Crippen LogP contribution < -0.4 is 9.47 Å². The Hall–Kier alpha value is -1.87. The largest absolute Gasteiger partial charge is 0.506 e. The molecular formula is C15H13ClO3. The smallest absolute Gasteiger partial charge is 0.161 e. The van der Waals surface area contributed by atoms with E-state index in [0.717, 1.165) is 29.0 Å². The van der Waals surface area contributed by atoms with Gasteiger partial charge in [0.25, 0.3) is 0 Å². The Morgan fingerprint density at radius 1 is 0.895 bits per heavy atom. The highest BCUT2D eigenvalue weighted by Crippen LogP contribution is 2.36. The number of hydrogen-bond donors (Lipinski definition) is 1. The summed E-state index contributed by atoms with van der Waals surface area (Å²) in [5.41, 5.74) is 1.91. The molecule has 0 aliphatic carbocycles. The number of ether oxygens (including phenoxy) is 2. The van der Waals surface area contributed by atoms with Crippen molar-refractivity contribution in [2.75, 3.05) is 13.2 Å². The molecular weight excluding hydrogens is 264 g/mol. The fourth-order valence-corrected chi connectivity index (χ4v) is 2.21. The summed E-state index contributed by atoms with van der Waals surface area (Å²) in [6.45, 7) is 1.34. The average Bonchev–Trinajstić information content (AvgIpc) is 2.66. The van der Waals surface area contributed by atoms with Gasteiger partial charge < -0.3 is 14.6 Å². The summed E-state index contributed by atoms with van der Waals surface area (Å²) in [5, 5.41) is 9.78. The van der Waals surface area contributed by atoms with Crippen molar-refractivity contribution < 1.29 is 14.6 Å². The first-order chi connectivity index (χ1) is 9.24. The van der Waals surface area contributed by atoms with Gasteiger partial charge in [0, 0.05) is 6.42 Å². The number of benzene rings is 2. The molecule has 19 heavy (non-hydrogen) atoms. The van der Waals surface area contributed by atoms with Crippen LogP contribution in [0.3, 0.4) is 0 Å². The van der Waals surface area contributed by atoms with Crippen LogP contribution in [0.4, 0.5) is 0 Å². The molecule has 0 unspecified atom stereocenters. The van der Waals surface area contributed by atoms with E-state index in [9.17, 15) is 5.11 Å². The Kier molecular flexibility index (Phi) is 3.22. The lowest BCUT2D eigenvalue weighted by Crippen LogP contribution is -1.97. The summed E-state index contributed by atoms with van der Waals surface area (Å²) in [4.78, 5) is 0. The molecule has 1 aliphatic heterocycles. The van der Waals surface area contributed by atoms with E-state index in [0.29, 0.717) is 18.2 Å². The zero-order valence-electron chi connectivity index (χ0n) is 10.2. The standard InChI is InChI=1S/C15H13ClO3/c16-12-8-10(2-4-13(12)17)11-3-5-14-15(9-11)19-7-1-6-18-14/h2-5,8-9,17H,1,6-7H2. The molecule has 2 aromatic rings. The molecule has 98 valence electrons. The molecule has 2 aromatic carbocycles. The zero-order valence-corrected chi connectivity index (χ0v) is 11.0. The van der Waals surface area contributed by atoms with Gasteiger partial charge in [-0.25, -0.2) is 0 Å². The van der Waals surface area contributed by atoms with Crippen molar-refractivity contribution in [3.63, 3.8) is 0 Å². The maximum Gasteiger partial charge on any atom is 0.161 e. The van der Waals surface area contributed by atoms with Crippen molar-refractivity contribution in [1.29, 1.82) is 0 Å². The van der Waals surface area contributed by atoms with Crippen molar-refractivity contribution >= 4 is 11.6 Å². The van der Waals surface area contributed by atoms with Crippen LogP contribution in [-0.2, 0) is 0 Å². The van der Waals surface area contributed by atoms with Crippen LogP contribution in [0.1, 0.15) is 6.42 Å². The Morgan fingerprint density at radius 2 is 1.58 bits per heavy atom. The van der Waals surface area contributed by atoms with Gasteiger partial charge in [0.15, 0.2) is 11.5 Å². The lowest BCUT2D eigenvalue weighted by Gasteiger charge is -2.10. The van der Waals surface area contributed by atoms with E-state index in [1.54, 1.807) is 12.1 Å². The molecule has 0 saturated heterocycles. The van der Waals surface area contributed by atoms with Crippen LogP contribution in [0, 0.1) is 0 Å². The molecule has 0 fully saturated rings. The van der Waals surface area contributed by atoms with Gasteiger partial charge in [-0.15, -0.1) is 0 Å². The number of rotatable bonds is 1. The second-order valence-corrected chi connectivity index (χ2v) is 4.79. The summed E-state index contributed by atoms with van der Waals surface area (Å²) in [6, 6.07) is 10.9. The monoisotopic (exact) mass is 276 g/mol. The summed E-state index contributed by atoms with van der Waals surface area (Å²) in [6.07, 6.45) is 0.884. The molecule has 1 aliphatic rings. The lowest BCUT2D eigenvalue weighted by atomic mass is 10.0. The van der Waals surface area contributed by atoms with Crippen LogP contribution in [-0.4, -0.2) is 18.3 Å². The van der Waals surface area contributed by atoms with Crippen molar-refractivity contribution in [1.82, 2.24) is 0 Å². The fourth-order valence-electron chi connectivity index (χ4n) is 2.03. The Morgan fingerprint density at radius 3 is 2.37 bits per heavy atom. The van der Waals surface area contributed by atoms with E-state index in [2.05, 4.69) is 0 Å². The third-order valence-electron chi connectivity index (χ3n) is 3.03. The molecule has 0 bridgehead atoms. The molecule has 1 heterocycles. The fraction of sp³-hybridized carbons (Fsp3) is 0.200. The van der Waals surface area contributed by atoms with Gasteiger partial charge in [0.1, 0.15) is 5.75 Å². The van der Waals surface area contributed by atoms with Crippen LogP contribution in [0.5, 0.6) is 17.2 Å². The molecule has 0 aromatic heterocycles. The van der Waals surface area contributed by atoms with Crippen molar-refractivity contribution in [3.05, 3.63) is 41.4 Å². The van der Waals surface area contributed by atoms with Gasteiger partial charge in [-0.1, -0.05) is 23.7 Å². The minimum atomic E-state index is 0.0831. The van der Waals surface area contributed by atoms with Crippen molar-refractivity contribution in [2.45, 2.75) is 6.42 Å². The first kappa shape index (κ1) is 12.2. The molecule has 3 rings (SSSR count). The SMILES string of the molecule is Oc1ccc(-c2ccc3c(c2)OCCCO3)cc1Cl. The first-order valence-corrected chi connectivity index (χ1v) is 6.50. The van der Waals surface area contributed by atoms with Gasteiger partial charge >= 0.3 is 0 Å². The van der Waals surface area contributed by atoms with Crippen LogP contribution >= 0.6 is 11.6 Å². The van der Waals surface area contributed by atoms with Crippen LogP contribution in [0.15, 0.2) is 36.4 Å². The molecule has 0 atom stereocenters. The Balaban J connectivity index is 2.01. The lowest BCUT2D eigenvalue weighted by molar-refractivity contribution is 0.297. The van der Waals surface area contributed by atoms with Gasteiger partial charge in [0.2, 0.25) is 0 Å². The zero-order chi connectivity index (χ0) is 13.2. The third kappa shape index (κ3) is 2.47. The second kappa shape index (κ2) is 5.02. The predicted octanol–water partition coefficient (Wildman–Crippen LogP) is 3.87. The Labute approximate surface area is 116 Å². The molecule has 3 nitrogen and oxygen atoms in total. The summed E-state index contributed by atoms with van der Waals surface area (Å²) < 4.78 is 11.2. The summed E-state index contributed by atoms with van der Waals surface area (Å²) in [7, 11) is 0. The maximum atomic E-state index is 9.44. The normalized spacial score (nSPS) is 13.9. The molecule has 1 N–H and O–H groups in total. The van der Waals surface area contributed by atoms with Gasteiger partial charge in [0.05, 0.1) is 18.2 Å². The summed E-state index contributed by atoms with van der Waals surface area (Å²) in [5.74, 6) is 1.60. The highest BCUT2D eigenvalue weighted by Gasteiger charge is 2.12. The number of phenols is 1. The van der Waals surface area contributed by atoms with Crippen LogP contribution in [0.2, 0.25) is 5.02 Å². The third-order valence-corrected chi connectivity index (χ3v) is 3.33. The van der Waals surface area contributed by atoms with E-state index in [1.807, 2.05) is 24.3 Å². The minimum Gasteiger partial charge on any atom is -0.506 e. The highest BCUT2D eigenvalue weighted by molar-refractivity contribution is 6.32. The topological polar surface area (TPSA) is 38.7 Å². The van der Waals surface area contributed by atoms with Gasteiger partial charge in [-0.05, 0) is 35.4 Å². The molecule has 0 radical (unpaired) electrons. The predicted molar refractivity (Wildman–Crippen MR) is 74.2 cm³/mol. The molecule has 0 amide bonds. The number of hydrogen-bond acceptors (Lipinski definition) is 3. The minimum absolute atomic E-state index is 0.0831. The first-order valence-electron chi connectivity index (χ1n) is 6.12. The number of fused-ring (bicyclic) bond motifs is 1. The Bertz CT molecular complexity index is 610. The van der Waals surface area contributed by atoms with E-state index in [4.69, 9.17) is 21.1 Å². The maximum absolute atomic E-state index is 9.44. The van der Waals surface area contributed by atoms with E-state index in [-0.39, 0.29) is 5.75 Å². The van der Waals surface area contributed by atoms with E-state index < -0.39 is 0 Å². The average molecular weight is 277 g/mol. The highest BCUT2D eigenvalue weighted by atomic mass is 35.5. The summed E-state index contributed by atoms with van der Waals surface area (Å²) >= 11 is 5.93. The van der Waals surface area contributed by atoms with Gasteiger partial charge in [-0.3, -0.25) is 0 Å². The number of aromatic hydroxyl groups is 1. The molecule has 0 saturated carbocycles. The second-order valence-electron chi connectivity index (χ2n) is 4.38. The van der Waals surface area contributed by atoms with E-state index in [1.165, 1.54) is 0 Å². The number of phenolic OH excluding ortho intramolecular Hbond substituents is 1. The quantitative estimate of drug-likeness (QED) is 0.859. The van der Waals surface area contributed by atoms with Gasteiger partial charge in [-0.2, -0.15) is 0 Å². The van der Waals surface area contributed by atoms with E-state index >= 15 is 0 Å².